The number of hydrogen-bond donors (Lipinski definition) is 1. The maximum absolute atomic E-state index is 13.0. The zero-order chi connectivity index (χ0) is 16.1. The summed E-state index contributed by atoms with van der Waals surface area (Å²) in [5.74, 6) is -0.337. The number of benzene rings is 1. The first kappa shape index (κ1) is 16.2. The van der Waals surface area contributed by atoms with E-state index in [2.05, 4.69) is 10.1 Å². The summed E-state index contributed by atoms with van der Waals surface area (Å²) in [6.07, 6.45) is 0.809. The van der Waals surface area contributed by atoms with E-state index in [1.807, 2.05) is 13.8 Å². The molecule has 0 bridgehead atoms. The van der Waals surface area contributed by atoms with Crippen molar-refractivity contribution < 1.29 is 9.13 Å². The van der Waals surface area contributed by atoms with Crippen molar-refractivity contribution in [3.8, 4) is 5.69 Å². The van der Waals surface area contributed by atoms with Crippen LogP contribution in [0.1, 0.15) is 24.6 Å². The highest BCUT2D eigenvalue weighted by Gasteiger charge is 2.14. The summed E-state index contributed by atoms with van der Waals surface area (Å²) in [5, 5.41) is 3.01. The molecule has 1 aromatic carbocycles. The molecule has 22 heavy (non-hydrogen) atoms. The molecule has 6 heteroatoms. The Hall–Kier alpha value is -2.21. The monoisotopic (exact) mass is 305 g/mol. The number of H-pyrrole nitrogens is 1. The van der Waals surface area contributed by atoms with Crippen molar-refractivity contribution in [3.63, 3.8) is 0 Å². The third kappa shape index (κ3) is 3.51. The maximum atomic E-state index is 13.0. The summed E-state index contributed by atoms with van der Waals surface area (Å²) in [4.78, 5) is 17.0. The molecule has 0 radical (unpaired) electrons. The molecule has 0 spiro atoms. The molecular formula is C16H20FN3O2. The van der Waals surface area contributed by atoms with Gasteiger partial charge >= 0.3 is 0 Å². The number of aryl methyl sites for hydroxylation is 1. The van der Waals surface area contributed by atoms with Gasteiger partial charge in [0.25, 0.3) is 5.56 Å². The predicted octanol–water partition coefficient (Wildman–Crippen LogP) is 2.46. The third-order valence-corrected chi connectivity index (χ3v) is 3.37. The van der Waals surface area contributed by atoms with Gasteiger partial charge in [-0.25, -0.2) is 9.07 Å². The second-order valence-corrected chi connectivity index (χ2v) is 5.04. The number of aromatic amines is 1. The van der Waals surface area contributed by atoms with Crippen molar-refractivity contribution >= 4 is 5.71 Å². The van der Waals surface area contributed by atoms with E-state index in [0.29, 0.717) is 30.1 Å². The number of hydrogen-bond acceptors (Lipinski definition) is 3. The molecule has 0 saturated heterocycles. The molecular weight excluding hydrogens is 285 g/mol. The molecule has 1 heterocycles. The molecule has 2 aromatic rings. The zero-order valence-corrected chi connectivity index (χ0v) is 13.0. The van der Waals surface area contributed by atoms with E-state index in [-0.39, 0.29) is 11.4 Å². The lowest BCUT2D eigenvalue weighted by atomic mass is 10.2. The molecule has 0 aliphatic rings. The minimum absolute atomic E-state index is 0.183. The van der Waals surface area contributed by atoms with Crippen LogP contribution in [0.2, 0.25) is 0 Å². The number of methoxy groups -OCH3 is 1. The average Bonchev–Trinajstić information content (AvgIpc) is 2.79. The number of ether oxygens (including phenoxy) is 1. The molecule has 1 aromatic heterocycles. The Bertz CT molecular complexity index is 714. The Morgan fingerprint density at radius 3 is 2.68 bits per heavy atom. The molecule has 0 amide bonds. The first-order valence-electron chi connectivity index (χ1n) is 7.12. The molecule has 0 aliphatic heterocycles. The van der Waals surface area contributed by atoms with Gasteiger partial charge in [-0.1, -0.05) is 0 Å². The standard InChI is InChI=1S/C16H20FN3O2/c1-11(18-9-4-10-22-3)15-12(2)19-20(16(15)21)14-7-5-13(17)6-8-14/h5-8,19H,4,9-10H2,1-3H3. The Labute approximate surface area is 128 Å². The lowest BCUT2D eigenvalue weighted by Gasteiger charge is -2.00. The SMILES string of the molecule is COCCCN=C(C)c1c(C)[nH]n(-c2ccc(F)cc2)c1=O. The van der Waals surface area contributed by atoms with Gasteiger partial charge in [0, 0.05) is 31.7 Å². The summed E-state index contributed by atoms with van der Waals surface area (Å²) in [7, 11) is 1.65. The number of aliphatic imine (C=N–C) groups is 1. The van der Waals surface area contributed by atoms with E-state index >= 15 is 0 Å². The fourth-order valence-electron chi connectivity index (χ4n) is 2.28. The van der Waals surface area contributed by atoms with E-state index in [0.717, 1.165) is 12.1 Å². The molecule has 2 rings (SSSR count). The van der Waals surface area contributed by atoms with E-state index in [4.69, 9.17) is 4.74 Å². The second kappa shape index (κ2) is 7.17. The number of halogens is 1. The van der Waals surface area contributed by atoms with Crippen LogP contribution in [0.15, 0.2) is 34.1 Å². The quantitative estimate of drug-likeness (QED) is 0.658. The fourth-order valence-corrected chi connectivity index (χ4v) is 2.28. The zero-order valence-electron chi connectivity index (χ0n) is 13.0. The van der Waals surface area contributed by atoms with Crippen molar-refractivity contribution in [3.05, 3.63) is 51.7 Å². The number of nitrogens with zero attached hydrogens (tertiary/aromatic N) is 2. The topological polar surface area (TPSA) is 59.4 Å². The highest BCUT2D eigenvalue weighted by atomic mass is 19.1. The van der Waals surface area contributed by atoms with Crippen molar-refractivity contribution in [1.29, 1.82) is 0 Å². The molecule has 0 atom stereocenters. The Morgan fingerprint density at radius 1 is 1.36 bits per heavy atom. The van der Waals surface area contributed by atoms with Gasteiger partial charge in [0.1, 0.15) is 5.82 Å². The smallest absolute Gasteiger partial charge is 0.280 e. The first-order chi connectivity index (χ1) is 10.5. The highest BCUT2D eigenvalue weighted by Crippen LogP contribution is 2.09. The summed E-state index contributed by atoms with van der Waals surface area (Å²) < 4.78 is 19.4. The van der Waals surface area contributed by atoms with Crippen molar-refractivity contribution in [1.82, 2.24) is 9.78 Å². The normalized spacial score (nSPS) is 11.9. The van der Waals surface area contributed by atoms with Gasteiger partial charge in [0.15, 0.2) is 0 Å². The third-order valence-electron chi connectivity index (χ3n) is 3.37. The molecule has 0 fully saturated rings. The number of nitrogens with one attached hydrogen (secondary N) is 1. The fraction of sp³-hybridized carbons (Fsp3) is 0.375. The maximum Gasteiger partial charge on any atom is 0.280 e. The predicted molar refractivity (Wildman–Crippen MR) is 84.7 cm³/mol. The molecule has 0 aliphatic carbocycles. The second-order valence-electron chi connectivity index (χ2n) is 5.04. The van der Waals surface area contributed by atoms with Crippen LogP contribution in [0.4, 0.5) is 4.39 Å². The molecule has 0 unspecified atom stereocenters. The number of rotatable bonds is 6. The van der Waals surface area contributed by atoms with Crippen LogP contribution in [-0.2, 0) is 4.74 Å². The van der Waals surface area contributed by atoms with Crippen LogP contribution in [-0.4, -0.2) is 35.8 Å². The van der Waals surface area contributed by atoms with Crippen molar-refractivity contribution in [2.45, 2.75) is 20.3 Å². The summed E-state index contributed by atoms with van der Waals surface area (Å²) in [5.41, 5.74) is 2.39. The number of aromatic nitrogens is 2. The summed E-state index contributed by atoms with van der Waals surface area (Å²) in [6.45, 7) is 4.90. The minimum Gasteiger partial charge on any atom is -0.385 e. The summed E-state index contributed by atoms with van der Waals surface area (Å²) >= 11 is 0. The van der Waals surface area contributed by atoms with Gasteiger partial charge < -0.3 is 4.74 Å². The lowest BCUT2D eigenvalue weighted by Crippen LogP contribution is -2.19. The van der Waals surface area contributed by atoms with Gasteiger partial charge in [-0.3, -0.25) is 14.9 Å². The van der Waals surface area contributed by atoms with Crippen LogP contribution in [0.25, 0.3) is 5.69 Å². The van der Waals surface area contributed by atoms with E-state index in [1.165, 1.54) is 16.8 Å². The lowest BCUT2D eigenvalue weighted by molar-refractivity contribution is 0.197. The molecule has 0 saturated carbocycles. The van der Waals surface area contributed by atoms with Crippen LogP contribution in [0.3, 0.4) is 0 Å². The van der Waals surface area contributed by atoms with Crippen LogP contribution < -0.4 is 5.56 Å². The molecule has 5 nitrogen and oxygen atoms in total. The van der Waals surface area contributed by atoms with E-state index in [1.54, 1.807) is 19.2 Å². The average molecular weight is 305 g/mol. The van der Waals surface area contributed by atoms with Crippen LogP contribution in [0.5, 0.6) is 0 Å². The summed E-state index contributed by atoms with van der Waals surface area (Å²) in [6, 6.07) is 5.76. The Kier molecular flexibility index (Phi) is 5.27. The minimum atomic E-state index is -0.337. The Morgan fingerprint density at radius 2 is 2.05 bits per heavy atom. The van der Waals surface area contributed by atoms with Gasteiger partial charge in [0.05, 0.1) is 11.3 Å². The van der Waals surface area contributed by atoms with Gasteiger partial charge in [-0.05, 0) is 44.5 Å². The highest BCUT2D eigenvalue weighted by molar-refractivity contribution is 5.99. The Balaban J connectivity index is 2.31. The molecule has 1 N–H and O–H groups in total. The van der Waals surface area contributed by atoms with E-state index < -0.39 is 0 Å². The van der Waals surface area contributed by atoms with Crippen LogP contribution in [0, 0.1) is 12.7 Å². The van der Waals surface area contributed by atoms with Crippen molar-refractivity contribution in [2.24, 2.45) is 4.99 Å². The largest absolute Gasteiger partial charge is 0.385 e. The first-order valence-corrected chi connectivity index (χ1v) is 7.12. The van der Waals surface area contributed by atoms with E-state index in [9.17, 15) is 9.18 Å². The molecule has 118 valence electrons. The van der Waals surface area contributed by atoms with Gasteiger partial charge in [-0.2, -0.15) is 0 Å². The van der Waals surface area contributed by atoms with Gasteiger partial charge in [-0.15, -0.1) is 0 Å². The van der Waals surface area contributed by atoms with Crippen molar-refractivity contribution in [2.75, 3.05) is 20.3 Å². The van der Waals surface area contributed by atoms with Gasteiger partial charge in [0.2, 0.25) is 0 Å². The van der Waals surface area contributed by atoms with Crippen LogP contribution >= 0.6 is 0 Å².